The fourth-order valence-corrected chi connectivity index (χ4v) is 6.32. The summed E-state index contributed by atoms with van der Waals surface area (Å²) in [7, 11) is 2.36. The summed E-state index contributed by atoms with van der Waals surface area (Å²) in [5.41, 5.74) is 3.16. The minimum atomic E-state index is -2.58. The Morgan fingerprint density at radius 3 is 0.966 bits per heavy atom. The van der Waals surface area contributed by atoms with E-state index >= 15 is 0 Å². The molecule has 0 aliphatic carbocycles. The van der Waals surface area contributed by atoms with Gasteiger partial charge in [-0.25, -0.2) is 0 Å². The van der Waals surface area contributed by atoms with Crippen molar-refractivity contribution in [1.29, 1.82) is 0 Å². The minimum Gasteiger partial charge on any atom is -0.497 e. The first kappa shape index (κ1) is 21.0. The normalized spacial score (nSPS) is 11.1. The Labute approximate surface area is 172 Å². The molecule has 0 amide bonds. The third-order valence-electron chi connectivity index (χ3n) is 4.89. The van der Waals surface area contributed by atoms with E-state index in [4.69, 9.17) is 14.2 Å². The molecule has 0 saturated heterocycles. The van der Waals surface area contributed by atoms with Crippen molar-refractivity contribution in [2.75, 3.05) is 21.3 Å². The first-order valence-electron chi connectivity index (χ1n) is 9.49. The predicted molar refractivity (Wildman–Crippen MR) is 118 cm³/mol. The standard InChI is InChI=1S/C24H27O4P/c1-26-22-10-4-19(5-11-22)16-29(25,17-20-6-12-23(27-2)13-7-20)18-21-8-14-24(28-3)15-9-21/h4-15H,16-18H2,1-3H3. The zero-order valence-corrected chi connectivity index (χ0v) is 18.0. The quantitative estimate of drug-likeness (QED) is 0.407. The summed E-state index contributed by atoms with van der Waals surface area (Å²) in [6, 6.07) is 23.5. The second-order valence-electron chi connectivity index (χ2n) is 7.08. The van der Waals surface area contributed by atoms with E-state index < -0.39 is 7.14 Å². The number of benzene rings is 3. The zero-order valence-electron chi connectivity index (χ0n) is 17.1. The minimum absolute atomic E-state index is 0.537. The highest BCUT2D eigenvalue weighted by atomic mass is 31.2. The van der Waals surface area contributed by atoms with Gasteiger partial charge in [-0.1, -0.05) is 36.4 Å². The van der Waals surface area contributed by atoms with Crippen LogP contribution in [0.2, 0.25) is 0 Å². The van der Waals surface area contributed by atoms with Crippen LogP contribution in [-0.2, 0) is 23.1 Å². The van der Waals surface area contributed by atoms with E-state index in [-0.39, 0.29) is 0 Å². The van der Waals surface area contributed by atoms with Crippen LogP contribution in [0, 0.1) is 0 Å². The van der Waals surface area contributed by atoms with Gasteiger partial charge < -0.3 is 18.8 Å². The van der Waals surface area contributed by atoms with Gasteiger partial charge in [0.1, 0.15) is 24.4 Å². The van der Waals surface area contributed by atoms with Crippen LogP contribution < -0.4 is 14.2 Å². The van der Waals surface area contributed by atoms with Crippen LogP contribution in [0.15, 0.2) is 72.8 Å². The van der Waals surface area contributed by atoms with Gasteiger partial charge in [-0.3, -0.25) is 0 Å². The lowest BCUT2D eigenvalue weighted by Crippen LogP contribution is -1.98. The molecule has 0 N–H and O–H groups in total. The third kappa shape index (κ3) is 5.88. The molecule has 0 radical (unpaired) electrons. The van der Waals surface area contributed by atoms with E-state index in [2.05, 4.69) is 0 Å². The van der Waals surface area contributed by atoms with E-state index in [9.17, 15) is 4.57 Å². The number of ether oxygens (including phenoxy) is 3. The molecule has 0 aliphatic heterocycles. The molecular formula is C24H27O4P. The molecule has 0 fully saturated rings. The highest BCUT2D eigenvalue weighted by Gasteiger charge is 2.24. The largest absolute Gasteiger partial charge is 0.497 e. The fourth-order valence-electron chi connectivity index (χ4n) is 3.36. The first-order chi connectivity index (χ1) is 14.0. The maximum atomic E-state index is 14.1. The molecule has 5 heteroatoms. The molecule has 0 atom stereocenters. The van der Waals surface area contributed by atoms with Crippen molar-refractivity contribution in [3.8, 4) is 17.2 Å². The Bertz CT molecular complexity index is 820. The average molecular weight is 410 g/mol. The lowest BCUT2D eigenvalue weighted by molar-refractivity contribution is 0.414. The van der Waals surface area contributed by atoms with Crippen LogP contribution in [0.25, 0.3) is 0 Å². The summed E-state index contributed by atoms with van der Waals surface area (Å²) in [5, 5.41) is 0. The molecule has 0 spiro atoms. The van der Waals surface area contributed by atoms with E-state index in [0.717, 1.165) is 33.9 Å². The van der Waals surface area contributed by atoms with Gasteiger partial charge in [0.2, 0.25) is 0 Å². The number of methoxy groups -OCH3 is 3. The van der Waals surface area contributed by atoms with Crippen molar-refractivity contribution >= 4 is 7.14 Å². The monoisotopic (exact) mass is 410 g/mol. The summed E-state index contributed by atoms with van der Waals surface area (Å²) in [6.45, 7) is 0. The Kier molecular flexibility index (Phi) is 7.00. The van der Waals surface area contributed by atoms with Gasteiger partial charge in [0.25, 0.3) is 0 Å². The maximum Gasteiger partial charge on any atom is 0.118 e. The van der Waals surface area contributed by atoms with Crippen LogP contribution in [0.1, 0.15) is 16.7 Å². The van der Waals surface area contributed by atoms with Gasteiger partial charge in [-0.15, -0.1) is 0 Å². The predicted octanol–water partition coefficient (Wildman–Crippen LogP) is 5.98. The molecule has 152 valence electrons. The Morgan fingerprint density at radius 2 is 0.759 bits per heavy atom. The van der Waals surface area contributed by atoms with Crippen molar-refractivity contribution in [3.05, 3.63) is 89.5 Å². The highest BCUT2D eigenvalue weighted by molar-refractivity contribution is 7.61. The van der Waals surface area contributed by atoms with Gasteiger partial charge in [-0.05, 0) is 53.1 Å². The lowest BCUT2D eigenvalue weighted by Gasteiger charge is -2.20. The molecule has 3 aromatic carbocycles. The van der Waals surface area contributed by atoms with Gasteiger partial charge in [0.15, 0.2) is 0 Å². The summed E-state index contributed by atoms with van der Waals surface area (Å²) in [4.78, 5) is 0. The Morgan fingerprint density at radius 1 is 0.517 bits per heavy atom. The van der Waals surface area contributed by atoms with Crippen molar-refractivity contribution in [2.45, 2.75) is 18.5 Å². The van der Waals surface area contributed by atoms with Crippen LogP contribution in [0.3, 0.4) is 0 Å². The molecule has 4 nitrogen and oxygen atoms in total. The Balaban J connectivity index is 1.85. The van der Waals surface area contributed by atoms with E-state index in [0.29, 0.717) is 18.5 Å². The van der Waals surface area contributed by atoms with Crippen molar-refractivity contribution < 1.29 is 18.8 Å². The molecule has 0 saturated carbocycles. The van der Waals surface area contributed by atoms with E-state index in [1.165, 1.54) is 0 Å². The molecule has 0 heterocycles. The molecule has 0 bridgehead atoms. The molecule has 3 rings (SSSR count). The van der Waals surface area contributed by atoms with Crippen LogP contribution in [-0.4, -0.2) is 21.3 Å². The second kappa shape index (κ2) is 9.67. The molecule has 29 heavy (non-hydrogen) atoms. The summed E-state index contributed by atoms with van der Waals surface area (Å²) >= 11 is 0. The smallest absolute Gasteiger partial charge is 0.118 e. The summed E-state index contributed by atoms with van der Waals surface area (Å²) in [5.74, 6) is 2.40. The topological polar surface area (TPSA) is 44.8 Å². The van der Waals surface area contributed by atoms with E-state index in [1.807, 2.05) is 72.8 Å². The number of hydrogen-bond acceptors (Lipinski definition) is 4. The number of hydrogen-bond donors (Lipinski definition) is 0. The molecular weight excluding hydrogens is 383 g/mol. The van der Waals surface area contributed by atoms with Gasteiger partial charge in [-0.2, -0.15) is 0 Å². The van der Waals surface area contributed by atoms with Gasteiger partial charge >= 0.3 is 0 Å². The van der Waals surface area contributed by atoms with Crippen molar-refractivity contribution in [2.24, 2.45) is 0 Å². The van der Waals surface area contributed by atoms with Crippen molar-refractivity contribution in [1.82, 2.24) is 0 Å². The van der Waals surface area contributed by atoms with E-state index in [1.54, 1.807) is 21.3 Å². The Hall–Kier alpha value is -2.71. The zero-order chi connectivity index (χ0) is 20.7. The van der Waals surface area contributed by atoms with Crippen LogP contribution in [0.5, 0.6) is 17.2 Å². The molecule has 3 aromatic rings. The first-order valence-corrected chi connectivity index (χ1v) is 11.8. The van der Waals surface area contributed by atoms with Crippen molar-refractivity contribution in [3.63, 3.8) is 0 Å². The second-order valence-corrected chi connectivity index (χ2v) is 10.1. The lowest BCUT2D eigenvalue weighted by atomic mass is 10.2. The molecule has 0 aromatic heterocycles. The summed E-state index contributed by atoms with van der Waals surface area (Å²) < 4.78 is 29.8. The van der Waals surface area contributed by atoms with Gasteiger partial charge in [0, 0.05) is 18.5 Å². The van der Waals surface area contributed by atoms with Crippen LogP contribution in [0.4, 0.5) is 0 Å². The molecule has 0 unspecified atom stereocenters. The van der Waals surface area contributed by atoms with Crippen LogP contribution >= 0.6 is 7.14 Å². The number of rotatable bonds is 9. The molecule has 0 aliphatic rings. The third-order valence-corrected chi connectivity index (χ3v) is 7.71. The maximum absolute atomic E-state index is 14.1. The van der Waals surface area contributed by atoms with Gasteiger partial charge in [0.05, 0.1) is 21.3 Å². The SMILES string of the molecule is COc1ccc(CP(=O)(Cc2ccc(OC)cc2)Cc2ccc(OC)cc2)cc1. The fraction of sp³-hybridized carbons (Fsp3) is 0.250. The average Bonchev–Trinajstić information content (AvgIpc) is 2.75. The summed E-state index contributed by atoms with van der Waals surface area (Å²) in [6.07, 6.45) is 1.61. The highest BCUT2D eigenvalue weighted by Crippen LogP contribution is 2.55.